The first kappa shape index (κ1) is 16.1. The summed E-state index contributed by atoms with van der Waals surface area (Å²) in [6.07, 6.45) is 5.74. The van der Waals surface area contributed by atoms with Crippen molar-refractivity contribution in [2.75, 3.05) is 19.6 Å². The molecule has 0 spiro atoms. The van der Waals surface area contributed by atoms with Gasteiger partial charge in [-0.15, -0.1) is 0 Å². The predicted molar refractivity (Wildman–Crippen MR) is 82.9 cm³/mol. The van der Waals surface area contributed by atoms with Crippen LogP contribution in [0.5, 0.6) is 0 Å². The molecule has 0 saturated carbocycles. The zero-order valence-corrected chi connectivity index (χ0v) is 12.5. The first-order chi connectivity index (χ1) is 10.6. The molecule has 1 aliphatic heterocycles. The molecule has 1 aromatic rings. The third kappa shape index (κ3) is 5.25. The van der Waals surface area contributed by atoms with Crippen LogP contribution in [0.3, 0.4) is 0 Å². The highest BCUT2D eigenvalue weighted by Gasteiger charge is 2.14. The lowest BCUT2D eigenvalue weighted by Crippen LogP contribution is -3.12. The molecule has 2 N–H and O–H groups in total. The number of hydrogen-bond donors (Lipinski definition) is 2. The summed E-state index contributed by atoms with van der Waals surface area (Å²) < 4.78 is 0. The van der Waals surface area contributed by atoms with Crippen LogP contribution >= 0.6 is 0 Å². The molecular weight excluding hydrogens is 284 g/mol. The van der Waals surface area contributed by atoms with Crippen LogP contribution in [0.25, 0.3) is 0 Å². The summed E-state index contributed by atoms with van der Waals surface area (Å²) in [7, 11) is 0. The van der Waals surface area contributed by atoms with Gasteiger partial charge in [0, 0.05) is 12.1 Å². The Labute approximate surface area is 129 Å². The highest BCUT2D eigenvalue weighted by molar-refractivity contribution is 5.82. The predicted octanol–water partition coefficient (Wildman–Crippen LogP) is 0.504. The number of nitrogens with zero attached hydrogens (tertiary/aromatic N) is 2. The number of non-ortho nitro benzene ring substituents is 1. The topological polar surface area (TPSA) is 89.0 Å². The van der Waals surface area contributed by atoms with Gasteiger partial charge < -0.3 is 4.90 Å². The Morgan fingerprint density at radius 2 is 1.95 bits per heavy atom. The van der Waals surface area contributed by atoms with Gasteiger partial charge in [0.25, 0.3) is 5.69 Å². The molecule has 1 heterocycles. The Balaban J connectivity index is 1.71. The van der Waals surface area contributed by atoms with Crippen LogP contribution in [-0.4, -0.2) is 36.7 Å². The molecule has 0 aromatic heterocycles. The zero-order chi connectivity index (χ0) is 15.8. The van der Waals surface area contributed by atoms with E-state index >= 15 is 0 Å². The third-order valence-corrected chi connectivity index (χ3v) is 3.77. The first-order valence-corrected chi connectivity index (χ1v) is 7.55. The summed E-state index contributed by atoms with van der Waals surface area (Å²) in [5, 5.41) is 14.4. The van der Waals surface area contributed by atoms with Gasteiger partial charge in [0.05, 0.1) is 37.2 Å². The van der Waals surface area contributed by atoms with Gasteiger partial charge in [0.1, 0.15) is 0 Å². The number of rotatable bonds is 6. The molecule has 1 amide bonds. The van der Waals surface area contributed by atoms with E-state index in [-0.39, 0.29) is 11.6 Å². The number of hydrogen-bond acceptors (Lipinski definition) is 4. The molecule has 1 aromatic carbocycles. The molecule has 0 bridgehead atoms. The number of carbonyl (C=O) groups is 1. The summed E-state index contributed by atoms with van der Waals surface area (Å²) in [6.45, 7) is 3.15. The number of nitrogens with one attached hydrogen (secondary N) is 2. The van der Waals surface area contributed by atoms with Crippen molar-refractivity contribution in [3.63, 3.8) is 0 Å². The number of likely N-dealkylation sites (tertiary alicyclic amines) is 1. The average molecular weight is 305 g/mol. The normalized spacial score (nSPS) is 15.8. The van der Waals surface area contributed by atoms with Gasteiger partial charge in [-0.3, -0.25) is 14.9 Å². The average Bonchev–Trinajstić information content (AvgIpc) is 2.54. The SMILES string of the molecule is O=C(CC[NH+]1CCCCC1)N/N=C\c1ccc([N+](=O)[O-])cc1. The lowest BCUT2D eigenvalue weighted by molar-refractivity contribution is -0.904. The van der Waals surface area contributed by atoms with E-state index in [0.717, 1.165) is 19.6 Å². The second-order valence-corrected chi connectivity index (χ2v) is 5.45. The Morgan fingerprint density at radius 3 is 2.59 bits per heavy atom. The van der Waals surface area contributed by atoms with E-state index in [0.29, 0.717) is 12.0 Å². The minimum absolute atomic E-state index is 0.0330. The standard InChI is InChI=1S/C15H20N4O3/c20-15(8-11-18-9-2-1-3-10-18)17-16-12-13-4-6-14(7-5-13)19(21)22/h4-7,12H,1-3,8-11H2,(H,17,20)/p+1/b16-12-. The molecule has 0 aliphatic carbocycles. The number of hydrazone groups is 1. The molecule has 1 saturated heterocycles. The molecule has 2 rings (SSSR count). The number of nitro groups is 1. The quantitative estimate of drug-likeness (QED) is 0.456. The molecule has 1 aliphatic rings. The van der Waals surface area contributed by atoms with Crippen molar-refractivity contribution < 1.29 is 14.6 Å². The van der Waals surface area contributed by atoms with Crippen LogP contribution < -0.4 is 10.3 Å². The Morgan fingerprint density at radius 1 is 1.27 bits per heavy atom. The number of benzene rings is 1. The van der Waals surface area contributed by atoms with E-state index in [9.17, 15) is 14.9 Å². The summed E-state index contributed by atoms with van der Waals surface area (Å²) >= 11 is 0. The van der Waals surface area contributed by atoms with Crippen molar-refractivity contribution >= 4 is 17.8 Å². The fourth-order valence-corrected chi connectivity index (χ4v) is 2.51. The number of carbonyl (C=O) groups excluding carboxylic acids is 1. The van der Waals surface area contributed by atoms with Crippen LogP contribution in [0, 0.1) is 10.1 Å². The van der Waals surface area contributed by atoms with Gasteiger partial charge in [-0.1, -0.05) is 0 Å². The second-order valence-electron chi connectivity index (χ2n) is 5.45. The largest absolute Gasteiger partial charge is 0.335 e. The van der Waals surface area contributed by atoms with Gasteiger partial charge >= 0.3 is 0 Å². The highest BCUT2D eigenvalue weighted by atomic mass is 16.6. The Kier molecular flexibility index (Phi) is 6.02. The van der Waals surface area contributed by atoms with Gasteiger partial charge in [-0.2, -0.15) is 5.10 Å². The van der Waals surface area contributed by atoms with Crippen molar-refractivity contribution in [2.45, 2.75) is 25.7 Å². The molecule has 0 atom stereocenters. The van der Waals surface area contributed by atoms with Crippen molar-refractivity contribution in [3.8, 4) is 0 Å². The maximum atomic E-state index is 11.7. The van der Waals surface area contributed by atoms with Crippen molar-refractivity contribution in [2.24, 2.45) is 5.10 Å². The Bertz CT molecular complexity index is 536. The van der Waals surface area contributed by atoms with Crippen molar-refractivity contribution in [3.05, 3.63) is 39.9 Å². The van der Waals surface area contributed by atoms with E-state index in [1.165, 1.54) is 42.5 Å². The minimum Gasteiger partial charge on any atom is -0.335 e. The number of piperidine rings is 1. The minimum atomic E-state index is -0.453. The van der Waals surface area contributed by atoms with E-state index in [1.54, 1.807) is 12.1 Å². The number of amides is 1. The second kappa shape index (κ2) is 8.23. The maximum Gasteiger partial charge on any atom is 0.269 e. The number of quaternary nitrogens is 1. The van der Waals surface area contributed by atoms with Gasteiger partial charge in [0.15, 0.2) is 0 Å². The first-order valence-electron chi connectivity index (χ1n) is 7.55. The van der Waals surface area contributed by atoms with Crippen molar-refractivity contribution in [1.82, 2.24) is 5.43 Å². The van der Waals surface area contributed by atoms with Crippen LogP contribution in [0.15, 0.2) is 29.4 Å². The third-order valence-electron chi connectivity index (χ3n) is 3.77. The van der Waals surface area contributed by atoms with Crippen LogP contribution in [0.1, 0.15) is 31.2 Å². The summed E-state index contributed by atoms with van der Waals surface area (Å²) in [4.78, 5) is 23.3. The molecule has 0 radical (unpaired) electrons. The molecule has 118 valence electrons. The molecular formula is C15H21N4O3+. The zero-order valence-electron chi connectivity index (χ0n) is 12.5. The highest BCUT2D eigenvalue weighted by Crippen LogP contribution is 2.10. The van der Waals surface area contributed by atoms with Gasteiger partial charge in [-0.05, 0) is 37.0 Å². The molecule has 0 unspecified atom stereocenters. The molecule has 7 nitrogen and oxygen atoms in total. The van der Waals surface area contributed by atoms with Gasteiger partial charge in [-0.25, -0.2) is 5.43 Å². The number of nitro benzene ring substituents is 1. The van der Waals surface area contributed by atoms with Crippen LogP contribution in [0.2, 0.25) is 0 Å². The van der Waals surface area contributed by atoms with E-state index < -0.39 is 4.92 Å². The lowest BCUT2D eigenvalue weighted by Gasteiger charge is -2.22. The molecule has 7 heteroatoms. The summed E-state index contributed by atoms with van der Waals surface area (Å²) in [6, 6.07) is 5.99. The van der Waals surface area contributed by atoms with Crippen LogP contribution in [-0.2, 0) is 4.79 Å². The smallest absolute Gasteiger partial charge is 0.269 e. The monoisotopic (exact) mass is 305 g/mol. The van der Waals surface area contributed by atoms with Crippen LogP contribution in [0.4, 0.5) is 5.69 Å². The summed E-state index contributed by atoms with van der Waals surface area (Å²) in [5.41, 5.74) is 3.23. The fraction of sp³-hybridized carbons (Fsp3) is 0.467. The van der Waals surface area contributed by atoms with E-state index in [4.69, 9.17) is 0 Å². The maximum absolute atomic E-state index is 11.7. The lowest BCUT2D eigenvalue weighted by atomic mass is 10.1. The Hall–Kier alpha value is -2.28. The van der Waals surface area contributed by atoms with E-state index in [2.05, 4.69) is 10.5 Å². The van der Waals surface area contributed by atoms with E-state index in [1.807, 2.05) is 0 Å². The van der Waals surface area contributed by atoms with Crippen molar-refractivity contribution in [1.29, 1.82) is 0 Å². The van der Waals surface area contributed by atoms with Gasteiger partial charge in [0.2, 0.25) is 5.91 Å². The fourth-order valence-electron chi connectivity index (χ4n) is 2.51. The molecule has 1 fully saturated rings. The summed E-state index contributed by atoms with van der Waals surface area (Å²) in [5.74, 6) is -0.101. The molecule has 22 heavy (non-hydrogen) atoms.